The van der Waals surface area contributed by atoms with E-state index in [1.807, 2.05) is 60.7 Å². The highest BCUT2D eigenvalue weighted by Gasteiger charge is 2.52. The summed E-state index contributed by atoms with van der Waals surface area (Å²) in [7, 11) is 0. The summed E-state index contributed by atoms with van der Waals surface area (Å²) >= 11 is 0. The molecular weight excluding hydrogens is 372 g/mol. The first kappa shape index (κ1) is 17.4. The van der Waals surface area contributed by atoms with Gasteiger partial charge in [-0.15, -0.1) is 0 Å². The molecule has 2 atom stereocenters. The van der Waals surface area contributed by atoms with E-state index < -0.39 is 24.1 Å². The smallest absolute Gasteiger partial charge is 0.345 e. The van der Waals surface area contributed by atoms with Gasteiger partial charge in [0.2, 0.25) is 0 Å². The largest absolute Gasteiger partial charge is 0.479 e. The van der Waals surface area contributed by atoms with Crippen LogP contribution >= 0.6 is 0 Å². The van der Waals surface area contributed by atoms with Gasteiger partial charge in [0, 0.05) is 11.8 Å². The molecule has 2 amide bonds. The van der Waals surface area contributed by atoms with Crippen LogP contribution in [0.2, 0.25) is 0 Å². The number of fused-ring (bicyclic) bond motifs is 4. The second kappa shape index (κ2) is 6.75. The van der Waals surface area contributed by atoms with Crippen LogP contribution in [0, 0.1) is 0 Å². The van der Waals surface area contributed by atoms with Crippen molar-refractivity contribution < 1.29 is 19.5 Å². The summed E-state index contributed by atoms with van der Waals surface area (Å²) in [5.41, 5.74) is 2.81. The Labute approximate surface area is 166 Å². The molecule has 1 fully saturated rings. The van der Waals surface area contributed by atoms with Crippen LogP contribution in [0.15, 0.2) is 66.9 Å². The summed E-state index contributed by atoms with van der Waals surface area (Å²) < 4.78 is 1.66. The lowest BCUT2D eigenvalue weighted by Gasteiger charge is -2.26. The molecule has 2 aliphatic heterocycles. The fraction of sp³-hybridized carbons (Fsp3) is 0.190. The van der Waals surface area contributed by atoms with Crippen molar-refractivity contribution >= 4 is 12.0 Å². The molecule has 0 saturated carbocycles. The average molecular weight is 390 g/mol. The lowest BCUT2D eigenvalue weighted by Crippen LogP contribution is -2.38. The zero-order valence-electron chi connectivity index (χ0n) is 15.4. The number of amides is 2. The zero-order chi connectivity index (χ0) is 20.0. The molecule has 2 aliphatic rings. The van der Waals surface area contributed by atoms with Crippen LogP contribution in [0.1, 0.15) is 28.9 Å². The SMILES string of the molecule is O=C(O)C1c2nn(-c3ccccc3)cc2[C@H]2CN1C(=O)N2OCc1ccccc1. The number of carbonyl (C=O) groups excluding carboxylic acids is 1. The second-order valence-electron chi connectivity index (χ2n) is 7.03. The summed E-state index contributed by atoms with van der Waals surface area (Å²) in [6.45, 7) is 0.467. The van der Waals surface area contributed by atoms with Crippen molar-refractivity contribution in [3.8, 4) is 5.69 Å². The number of aromatic nitrogens is 2. The zero-order valence-corrected chi connectivity index (χ0v) is 15.4. The predicted molar refractivity (Wildman–Crippen MR) is 102 cm³/mol. The van der Waals surface area contributed by atoms with Gasteiger partial charge in [-0.1, -0.05) is 48.5 Å². The van der Waals surface area contributed by atoms with E-state index in [1.165, 1.54) is 9.96 Å². The monoisotopic (exact) mass is 390 g/mol. The Morgan fingerprint density at radius 3 is 2.48 bits per heavy atom. The van der Waals surface area contributed by atoms with Crippen molar-refractivity contribution in [2.45, 2.75) is 18.7 Å². The molecule has 2 aromatic carbocycles. The lowest BCUT2D eigenvalue weighted by atomic mass is 9.98. The molecule has 5 rings (SSSR count). The number of hydroxylamine groups is 2. The number of carbonyl (C=O) groups is 2. The fourth-order valence-electron chi connectivity index (χ4n) is 3.88. The van der Waals surface area contributed by atoms with Crippen molar-refractivity contribution in [2.75, 3.05) is 6.54 Å². The highest BCUT2D eigenvalue weighted by Crippen LogP contribution is 2.43. The van der Waals surface area contributed by atoms with Crippen LogP contribution in [-0.2, 0) is 16.2 Å². The van der Waals surface area contributed by atoms with Gasteiger partial charge in [-0.05, 0) is 17.7 Å². The molecular formula is C21H18N4O4. The Kier molecular flexibility index (Phi) is 4.06. The summed E-state index contributed by atoms with van der Waals surface area (Å²) in [4.78, 5) is 32.0. The summed E-state index contributed by atoms with van der Waals surface area (Å²) in [6, 6.07) is 17.0. The van der Waals surface area contributed by atoms with Crippen LogP contribution in [0.25, 0.3) is 5.69 Å². The summed E-state index contributed by atoms with van der Waals surface area (Å²) in [5.74, 6) is -1.11. The third-order valence-corrected chi connectivity index (χ3v) is 5.26. The van der Waals surface area contributed by atoms with E-state index >= 15 is 0 Å². The lowest BCUT2D eigenvalue weighted by molar-refractivity contribution is -0.143. The number of para-hydroxylation sites is 1. The Balaban J connectivity index is 1.51. The van der Waals surface area contributed by atoms with Gasteiger partial charge in [0.25, 0.3) is 0 Å². The number of urea groups is 1. The van der Waals surface area contributed by atoms with Crippen LogP contribution < -0.4 is 0 Å². The van der Waals surface area contributed by atoms with Gasteiger partial charge in [-0.2, -0.15) is 10.2 Å². The minimum absolute atomic E-state index is 0.219. The Morgan fingerprint density at radius 2 is 1.79 bits per heavy atom. The van der Waals surface area contributed by atoms with Crippen molar-refractivity contribution in [3.63, 3.8) is 0 Å². The molecule has 3 aromatic rings. The highest BCUT2D eigenvalue weighted by atomic mass is 16.7. The Bertz CT molecular complexity index is 1070. The van der Waals surface area contributed by atoms with Gasteiger partial charge in [-0.25, -0.2) is 14.3 Å². The van der Waals surface area contributed by atoms with E-state index in [0.717, 1.165) is 11.3 Å². The third-order valence-electron chi connectivity index (χ3n) is 5.26. The molecule has 0 radical (unpaired) electrons. The number of nitrogens with zero attached hydrogens (tertiary/aromatic N) is 4. The van der Waals surface area contributed by atoms with Crippen LogP contribution in [0.5, 0.6) is 0 Å². The molecule has 146 valence electrons. The number of hydrogen-bond donors (Lipinski definition) is 1. The Hall–Kier alpha value is -3.65. The second-order valence-corrected chi connectivity index (χ2v) is 7.03. The number of aliphatic carboxylic acids is 1. The highest BCUT2D eigenvalue weighted by molar-refractivity contribution is 5.86. The van der Waals surface area contributed by atoms with E-state index in [9.17, 15) is 14.7 Å². The van der Waals surface area contributed by atoms with Gasteiger partial charge < -0.3 is 10.0 Å². The number of carboxylic acid groups (broad SMARTS) is 1. The number of hydrogen-bond acceptors (Lipinski definition) is 4. The van der Waals surface area contributed by atoms with Crippen LogP contribution in [0.3, 0.4) is 0 Å². The molecule has 29 heavy (non-hydrogen) atoms. The number of carboxylic acids is 1. The number of benzene rings is 2. The van der Waals surface area contributed by atoms with E-state index in [4.69, 9.17) is 4.84 Å². The quantitative estimate of drug-likeness (QED) is 0.724. The van der Waals surface area contributed by atoms with E-state index in [-0.39, 0.29) is 13.2 Å². The fourth-order valence-corrected chi connectivity index (χ4v) is 3.88. The van der Waals surface area contributed by atoms with Crippen LogP contribution in [-0.4, -0.2) is 43.4 Å². The predicted octanol–water partition coefficient (Wildman–Crippen LogP) is 2.92. The average Bonchev–Trinajstić information content (AvgIpc) is 3.30. The van der Waals surface area contributed by atoms with Crippen molar-refractivity contribution in [3.05, 3.63) is 83.7 Å². The van der Waals surface area contributed by atoms with Gasteiger partial charge in [-0.3, -0.25) is 4.84 Å². The first-order chi connectivity index (χ1) is 14.1. The van der Waals surface area contributed by atoms with Crippen molar-refractivity contribution in [1.29, 1.82) is 0 Å². The first-order valence-electron chi connectivity index (χ1n) is 9.28. The summed E-state index contributed by atoms with van der Waals surface area (Å²) in [5, 5.41) is 15.6. The van der Waals surface area contributed by atoms with E-state index in [1.54, 1.807) is 10.9 Å². The number of rotatable bonds is 5. The van der Waals surface area contributed by atoms with E-state index in [2.05, 4.69) is 5.10 Å². The molecule has 8 heteroatoms. The normalized spacial score (nSPS) is 20.1. The molecule has 1 unspecified atom stereocenters. The first-order valence-corrected chi connectivity index (χ1v) is 9.28. The molecule has 1 saturated heterocycles. The van der Waals surface area contributed by atoms with Crippen molar-refractivity contribution in [2.24, 2.45) is 0 Å². The minimum atomic E-state index is -1.14. The standard InChI is InChI=1S/C21H18N4O4/c26-20(27)19-18-16(11-24(22-18)15-9-5-2-6-10-15)17-12-23(19)21(28)25(17)29-13-14-7-3-1-4-8-14/h1-11,17,19H,12-13H2,(H,26,27)/t17-,19?/m1/s1. The maximum Gasteiger partial charge on any atom is 0.345 e. The molecule has 3 heterocycles. The van der Waals surface area contributed by atoms with E-state index in [0.29, 0.717) is 11.3 Å². The van der Waals surface area contributed by atoms with Crippen molar-refractivity contribution in [1.82, 2.24) is 19.7 Å². The topological polar surface area (TPSA) is 87.9 Å². The van der Waals surface area contributed by atoms with Gasteiger partial charge in [0.1, 0.15) is 18.3 Å². The molecule has 1 aromatic heterocycles. The maximum absolute atomic E-state index is 12.9. The van der Waals surface area contributed by atoms with Gasteiger partial charge in [0.15, 0.2) is 6.04 Å². The van der Waals surface area contributed by atoms with Crippen LogP contribution in [0.4, 0.5) is 4.79 Å². The van der Waals surface area contributed by atoms with Gasteiger partial charge in [0.05, 0.1) is 12.2 Å². The maximum atomic E-state index is 12.9. The Morgan fingerprint density at radius 1 is 1.10 bits per heavy atom. The molecule has 2 bridgehead atoms. The summed E-state index contributed by atoms with van der Waals surface area (Å²) in [6.07, 6.45) is 1.79. The molecule has 1 N–H and O–H groups in total. The third kappa shape index (κ3) is 2.85. The van der Waals surface area contributed by atoms with Gasteiger partial charge >= 0.3 is 12.0 Å². The molecule has 8 nitrogen and oxygen atoms in total. The minimum Gasteiger partial charge on any atom is -0.479 e. The molecule has 0 spiro atoms. The molecule has 0 aliphatic carbocycles.